The van der Waals surface area contributed by atoms with Crippen molar-refractivity contribution in [2.75, 3.05) is 31.7 Å². The molecule has 4 aromatic carbocycles. The van der Waals surface area contributed by atoms with Gasteiger partial charge in [-0.05, 0) is 72.7 Å². The van der Waals surface area contributed by atoms with Crippen LogP contribution in [0.5, 0.6) is 0 Å². The fraction of sp³-hybridized carbons (Fsp3) is 0.333. The molecule has 0 amide bonds. The highest BCUT2D eigenvalue weighted by atomic mass is 32.2. The summed E-state index contributed by atoms with van der Waals surface area (Å²) in [6.07, 6.45) is 12.8. The van der Waals surface area contributed by atoms with Crippen LogP contribution in [-0.2, 0) is 30.5 Å². The first kappa shape index (κ1) is 36.2. The van der Waals surface area contributed by atoms with Crippen molar-refractivity contribution in [2.24, 2.45) is 0 Å². The Morgan fingerprint density at radius 2 is 1.61 bits per heavy atom. The Bertz CT molecular complexity index is 2240. The van der Waals surface area contributed by atoms with E-state index in [0.717, 1.165) is 41.7 Å². The van der Waals surface area contributed by atoms with Crippen LogP contribution >= 0.6 is 0 Å². The van der Waals surface area contributed by atoms with Crippen LogP contribution in [-0.4, -0.2) is 61.1 Å². The number of rotatable bonds is 13. The third-order valence-corrected chi connectivity index (χ3v) is 11.3. The Morgan fingerprint density at radius 1 is 0.843 bits per heavy atom. The standard InChI is InChI=1S/C42H46N2O6S/c1-41(2)37(44(27-28-50-5)33-24-22-29-15-11-12-16-30(29)39(33)41)20-9-6-8-19-36-42(3,4)40-32-17-14-18-35(51(47,48)49)31(32)23-25-34(40)43(36)26-13-7-10-21-38(45)46/h6,8-9,11-12,14-20,22-25H,7,10,13,21,26-28H2,1-5H3,(H-,45,46,47,48,49)/p+1. The molecule has 0 atom stereocenters. The van der Waals surface area contributed by atoms with Gasteiger partial charge in [0.05, 0.1) is 5.41 Å². The molecule has 2 aliphatic rings. The molecule has 0 aromatic heterocycles. The Kier molecular flexibility index (Phi) is 10.1. The quantitative estimate of drug-likeness (QED) is 0.0620. The Hall–Kier alpha value is -4.57. The van der Waals surface area contributed by atoms with Gasteiger partial charge in [-0.1, -0.05) is 81.0 Å². The maximum atomic E-state index is 12.3. The third-order valence-electron chi connectivity index (χ3n) is 10.4. The summed E-state index contributed by atoms with van der Waals surface area (Å²) in [7, 11) is -2.69. The molecule has 8 nitrogen and oxygen atoms in total. The van der Waals surface area contributed by atoms with Crippen LogP contribution in [0.1, 0.15) is 64.5 Å². The lowest BCUT2D eigenvalue weighted by Crippen LogP contribution is -2.28. The van der Waals surface area contributed by atoms with Gasteiger partial charge >= 0.3 is 5.97 Å². The normalized spacial score (nSPS) is 17.5. The first-order chi connectivity index (χ1) is 24.3. The van der Waals surface area contributed by atoms with Gasteiger partial charge in [-0.2, -0.15) is 13.0 Å². The van der Waals surface area contributed by atoms with Crippen molar-refractivity contribution in [3.05, 3.63) is 114 Å². The van der Waals surface area contributed by atoms with E-state index in [1.54, 1.807) is 19.2 Å². The van der Waals surface area contributed by atoms with E-state index < -0.39 is 21.5 Å². The zero-order valence-corrected chi connectivity index (χ0v) is 30.8. The molecule has 0 bridgehead atoms. The number of methoxy groups -OCH3 is 1. The van der Waals surface area contributed by atoms with Crippen LogP contribution in [0.25, 0.3) is 21.5 Å². The monoisotopic (exact) mass is 707 g/mol. The van der Waals surface area contributed by atoms with E-state index in [0.29, 0.717) is 25.0 Å². The second kappa shape index (κ2) is 14.2. The number of nitrogens with zero attached hydrogens (tertiary/aromatic N) is 2. The minimum atomic E-state index is -4.42. The molecule has 0 unspecified atom stereocenters. The number of anilines is 1. The molecule has 266 valence electrons. The summed E-state index contributed by atoms with van der Waals surface area (Å²) < 4.78 is 42.4. The van der Waals surface area contributed by atoms with Gasteiger partial charge in [0.2, 0.25) is 5.69 Å². The van der Waals surface area contributed by atoms with Crippen molar-refractivity contribution in [3.63, 3.8) is 0 Å². The van der Waals surface area contributed by atoms with E-state index in [1.807, 2.05) is 24.3 Å². The summed E-state index contributed by atoms with van der Waals surface area (Å²) in [4.78, 5) is 13.3. The fourth-order valence-electron chi connectivity index (χ4n) is 8.10. The number of hydrogen-bond acceptors (Lipinski definition) is 5. The molecule has 0 saturated carbocycles. The lowest BCUT2D eigenvalue weighted by molar-refractivity contribution is -0.441. The zero-order chi connectivity index (χ0) is 36.6. The van der Waals surface area contributed by atoms with Crippen LogP contribution in [0.15, 0.2) is 108 Å². The molecule has 0 saturated heterocycles. The van der Waals surface area contributed by atoms with Gasteiger partial charge in [-0.3, -0.25) is 9.35 Å². The van der Waals surface area contributed by atoms with Gasteiger partial charge < -0.3 is 14.7 Å². The van der Waals surface area contributed by atoms with E-state index in [9.17, 15) is 17.8 Å². The topological polar surface area (TPSA) is 107 Å². The maximum absolute atomic E-state index is 12.3. The minimum Gasteiger partial charge on any atom is -0.481 e. The van der Waals surface area contributed by atoms with Gasteiger partial charge in [-0.25, -0.2) is 0 Å². The number of ether oxygens (including phenoxy) is 1. The third kappa shape index (κ3) is 6.78. The maximum Gasteiger partial charge on any atom is 0.303 e. The Balaban J connectivity index is 1.36. The summed E-state index contributed by atoms with van der Waals surface area (Å²) in [6, 6.07) is 21.7. The second-order valence-electron chi connectivity index (χ2n) is 14.4. The summed E-state index contributed by atoms with van der Waals surface area (Å²) in [5, 5.41) is 12.9. The highest BCUT2D eigenvalue weighted by Crippen LogP contribution is 2.51. The lowest BCUT2D eigenvalue weighted by atomic mass is 9.79. The van der Waals surface area contributed by atoms with Crippen molar-refractivity contribution in [3.8, 4) is 0 Å². The van der Waals surface area contributed by atoms with Crippen LogP contribution in [0.3, 0.4) is 0 Å². The molecular weight excluding hydrogens is 661 g/mol. The van der Waals surface area contributed by atoms with Crippen molar-refractivity contribution in [1.82, 2.24) is 0 Å². The second-order valence-corrected chi connectivity index (χ2v) is 15.8. The van der Waals surface area contributed by atoms with Crippen LogP contribution in [0.2, 0.25) is 0 Å². The molecule has 2 aliphatic heterocycles. The number of aliphatic carboxylic acids is 1. The van der Waals surface area contributed by atoms with E-state index in [-0.39, 0.29) is 16.7 Å². The molecule has 6 rings (SSSR count). The summed E-state index contributed by atoms with van der Waals surface area (Å²) in [5.74, 6) is -0.791. The molecule has 0 spiro atoms. The predicted molar refractivity (Wildman–Crippen MR) is 205 cm³/mol. The van der Waals surface area contributed by atoms with Gasteiger partial charge in [0.15, 0.2) is 12.3 Å². The fourth-order valence-corrected chi connectivity index (χ4v) is 8.80. The average molecular weight is 708 g/mol. The van der Waals surface area contributed by atoms with E-state index in [1.165, 1.54) is 33.8 Å². The van der Waals surface area contributed by atoms with E-state index in [2.05, 4.69) is 91.8 Å². The number of hydrogen-bond donors (Lipinski definition) is 2. The van der Waals surface area contributed by atoms with Crippen LogP contribution in [0.4, 0.5) is 11.4 Å². The largest absolute Gasteiger partial charge is 0.481 e. The van der Waals surface area contributed by atoms with E-state index in [4.69, 9.17) is 9.84 Å². The molecule has 4 aromatic rings. The minimum absolute atomic E-state index is 0.108. The summed E-state index contributed by atoms with van der Waals surface area (Å²) in [6.45, 7) is 10.8. The first-order valence-electron chi connectivity index (χ1n) is 17.5. The van der Waals surface area contributed by atoms with Crippen molar-refractivity contribution < 1.29 is 32.2 Å². The van der Waals surface area contributed by atoms with Gasteiger partial charge in [0.25, 0.3) is 10.1 Å². The molecule has 9 heteroatoms. The van der Waals surface area contributed by atoms with Gasteiger partial charge in [0, 0.05) is 60.0 Å². The Labute approximate surface area is 300 Å². The van der Waals surface area contributed by atoms with Crippen LogP contribution < -0.4 is 4.90 Å². The number of benzene rings is 4. The highest BCUT2D eigenvalue weighted by Gasteiger charge is 2.45. The van der Waals surface area contributed by atoms with Crippen molar-refractivity contribution in [2.45, 2.75) is 69.1 Å². The molecule has 0 fully saturated rings. The smallest absolute Gasteiger partial charge is 0.303 e. The summed E-state index contributed by atoms with van der Waals surface area (Å²) in [5.41, 5.74) is 6.01. The van der Waals surface area contributed by atoms with Crippen LogP contribution in [0, 0.1) is 0 Å². The lowest BCUT2D eigenvalue weighted by Gasteiger charge is -2.27. The molecule has 51 heavy (non-hydrogen) atoms. The van der Waals surface area contributed by atoms with Gasteiger partial charge in [-0.15, -0.1) is 0 Å². The van der Waals surface area contributed by atoms with Crippen molar-refractivity contribution in [1.29, 1.82) is 0 Å². The molecular formula is C42H47N2O6S+. The zero-order valence-electron chi connectivity index (χ0n) is 30.0. The van der Waals surface area contributed by atoms with E-state index >= 15 is 0 Å². The molecule has 0 aliphatic carbocycles. The molecule has 0 radical (unpaired) electrons. The Morgan fingerprint density at radius 3 is 2.35 bits per heavy atom. The number of carboxylic acids is 1. The van der Waals surface area contributed by atoms with Crippen molar-refractivity contribution >= 4 is 54.7 Å². The van der Waals surface area contributed by atoms with Gasteiger partial charge in [0.1, 0.15) is 11.5 Å². The number of carboxylic acid groups (broad SMARTS) is 1. The SMILES string of the molecule is COCC[N+]1=C(/C=C/C=C/C=C2/N(CCCCCC(=O)O)c3ccc4c(S(=O)(=O)O)cccc4c3C2(C)C)C(C)(C)c2c1ccc1ccccc21. The average Bonchev–Trinajstić information content (AvgIpc) is 3.44. The molecule has 2 N–H and O–H groups in total. The summed E-state index contributed by atoms with van der Waals surface area (Å²) >= 11 is 0. The number of carbonyl (C=O) groups is 1. The molecule has 2 heterocycles. The first-order valence-corrected chi connectivity index (χ1v) is 19.0. The number of allylic oxidation sites excluding steroid dienone is 6. The highest BCUT2D eigenvalue weighted by molar-refractivity contribution is 7.86. The predicted octanol–water partition coefficient (Wildman–Crippen LogP) is 8.70. The number of unbranched alkanes of at least 4 members (excludes halogenated alkanes) is 2. The number of fused-ring (bicyclic) bond motifs is 6.